The van der Waals surface area contributed by atoms with Crippen LogP contribution < -0.4 is 15.5 Å². The van der Waals surface area contributed by atoms with E-state index in [4.69, 9.17) is 52.8 Å². The maximum absolute atomic E-state index is 14.7. The summed E-state index contributed by atoms with van der Waals surface area (Å²) in [6, 6.07) is 12.7. The molecule has 10 nitrogen and oxygen atoms in total. The van der Waals surface area contributed by atoms with Crippen molar-refractivity contribution in [1.29, 1.82) is 0 Å². The average molecular weight is 642 g/mol. The first kappa shape index (κ1) is 33.0. The third-order valence-electron chi connectivity index (χ3n) is 8.07. The van der Waals surface area contributed by atoms with Crippen molar-refractivity contribution in [2.75, 3.05) is 5.32 Å². The fourth-order valence-corrected chi connectivity index (χ4v) is 5.76. The molecule has 0 aliphatic carbocycles. The fourth-order valence-electron chi connectivity index (χ4n) is 5.53. The summed E-state index contributed by atoms with van der Waals surface area (Å²) < 4.78 is 23.9. The first-order valence-corrected chi connectivity index (χ1v) is 14.9. The van der Waals surface area contributed by atoms with Crippen molar-refractivity contribution in [2.45, 2.75) is 36.7 Å². The van der Waals surface area contributed by atoms with Crippen LogP contribution in [0, 0.1) is 5.82 Å². The largest absolute Gasteiger partial charge is 0.488 e. The Morgan fingerprint density at radius 2 is 1.83 bits per heavy atom. The number of nitrogens with one attached hydrogen (secondary N) is 1. The molecular formula is C30H25B5ClFN6O4. The number of aryl methyl sites for hydroxylation is 1. The van der Waals surface area contributed by atoms with Gasteiger partial charge in [-0.05, 0) is 53.0 Å². The third-order valence-corrected chi connectivity index (χ3v) is 8.38. The molecule has 0 unspecified atom stereocenters. The van der Waals surface area contributed by atoms with Crippen molar-refractivity contribution >= 4 is 61.4 Å². The van der Waals surface area contributed by atoms with Crippen molar-refractivity contribution in [3.63, 3.8) is 0 Å². The minimum Gasteiger partial charge on any atom is -0.482 e. The van der Waals surface area contributed by atoms with E-state index in [0.29, 0.717) is 45.8 Å². The van der Waals surface area contributed by atoms with Crippen LogP contribution in [0.1, 0.15) is 35.3 Å². The van der Waals surface area contributed by atoms with E-state index in [1.54, 1.807) is 55.1 Å². The molecule has 1 atom stereocenters. The number of anilines is 1. The molecule has 47 heavy (non-hydrogen) atoms. The van der Waals surface area contributed by atoms with Crippen LogP contribution in [0.15, 0.2) is 60.9 Å². The number of aromatic nitrogens is 5. The summed E-state index contributed by atoms with van der Waals surface area (Å²) in [6.07, 6.45) is 2.79. The van der Waals surface area contributed by atoms with Crippen molar-refractivity contribution < 1.29 is 24.3 Å². The van der Waals surface area contributed by atoms with Gasteiger partial charge in [-0.15, -0.1) is 0 Å². The second-order valence-electron chi connectivity index (χ2n) is 11.6. The van der Waals surface area contributed by atoms with E-state index < -0.39 is 29.8 Å². The summed E-state index contributed by atoms with van der Waals surface area (Å²) in [4.78, 5) is 4.64. The van der Waals surface area contributed by atoms with Gasteiger partial charge in [0, 0.05) is 60.2 Å². The summed E-state index contributed by atoms with van der Waals surface area (Å²) in [6.45, 7) is 2.07. The van der Waals surface area contributed by atoms with Crippen LogP contribution in [-0.4, -0.2) is 83.6 Å². The van der Waals surface area contributed by atoms with Crippen LogP contribution in [0.3, 0.4) is 0 Å². The van der Waals surface area contributed by atoms with Gasteiger partial charge >= 0.3 is 7.12 Å². The van der Waals surface area contributed by atoms with Crippen molar-refractivity contribution in [3.8, 4) is 28.3 Å². The summed E-state index contributed by atoms with van der Waals surface area (Å²) in [7, 11) is 24.4. The molecule has 2 bridgehead atoms. The second kappa shape index (κ2) is 12.2. The van der Waals surface area contributed by atoms with E-state index in [0.717, 1.165) is 15.8 Å². The fraction of sp³-hybridized carbons (Fsp3) is 0.233. The number of rotatable bonds is 6. The van der Waals surface area contributed by atoms with E-state index in [1.807, 2.05) is 6.20 Å². The van der Waals surface area contributed by atoms with Crippen molar-refractivity contribution in [3.05, 3.63) is 94.1 Å². The average Bonchev–Trinajstić information content (AvgIpc) is 3.54. The Morgan fingerprint density at radius 3 is 2.51 bits per heavy atom. The van der Waals surface area contributed by atoms with Crippen molar-refractivity contribution in [2.24, 2.45) is 7.05 Å². The van der Waals surface area contributed by atoms with Gasteiger partial charge < -0.3 is 25.2 Å². The highest BCUT2D eigenvalue weighted by Crippen LogP contribution is 2.42. The molecule has 5 aromatic rings. The third kappa shape index (κ3) is 6.22. The van der Waals surface area contributed by atoms with E-state index in [1.165, 1.54) is 18.3 Å². The van der Waals surface area contributed by atoms with Crippen LogP contribution in [0.25, 0.3) is 22.5 Å². The van der Waals surface area contributed by atoms with E-state index in [2.05, 4.69) is 15.4 Å². The smallest absolute Gasteiger partial charge is 0.482 e. The lowest BCUT2D eigenvalue weighted by atomic mass is 9.40. The molecule has 0 amide bonds. The van der Waals surface area contributed by atoms with Gasteiger partial charge in [0.1, 0.15) is 27.6 Å². The number of halogens is 2. The minimum atomic E-state index is -2.63. The molecular weight excluding hydrogens is 617 g/mol. The zero-order valence-electron chi connectivity index (χ0n) is 25.4. The molecule has 2 aromatic carbocycles. The van der Waals surface area contributed by atoms with Gasteiger partial charge in [0.25, 0.3) is 0 Å². The van der Waals surface area contributed by atoms with Gasteiger partial charge in [0.2, 0.25) is 0 Å². The van der Waals surface area contributed by atoms with Gasteiger partial charge in [-0.2, -0.15) is 10.2 Å². The molecule has 3 aromatic heterocycles. The zero-order chi connectivity index (χ0) is 33.8. The lowest BCUT2D eigenvalue weighted by Crippen LogP contribution is -2.58. The topological polar surface area (TPSA) is 130 Å². The maximum Gasteiger partial charge on any atom is 0.488 e. The lowest BCUT2D eigenvalue weighted by Gasteiger charge is -2.41. The highest BCUT2D eigenvalue weighted by atomic mass is 35.5. The van der Waals surface area contributed by atoms with E-state index in [9.17, 15) is 19.5 Å². The second-order valence-corrected chi connectivity index (χ2v) is 11.9. The number of fused-ring (bicyclic) bond motifs is 7. The van der Waals surface area contributed by atoms with Crippen LogP contribution in [0.5, 0.6) is 5.75 Å². The van der Waals surface area contributed by atoms with Gasteiger partial charge in [-0.3, -0.25) is 9.36 Å². The molecule has 228 valence electrons. The summed E-state index contributed by atoms with van der Waals surface area (Å²) in [5, 5.41) is 36.8. The molecule has 1 aliphatic rings. The number of benzene rings is 2. The quantitative estimate of drug-likeness (QED) is 0.205. The van der Waals surface area contributed by atoms with E-state index in [-0.39, 0.29) is 23.0 Å². The van der Waals surface area contributed by atoms with Crippen LogP contribution in [-0.2, 0) is 25.4 Å². The number of hydrogen-bond acceptors (Lipinski definition) is 8. The molecule has 0 saturated heterocycles. The van der Waals surface area contributed by atoms with Gasteiger partial charge in [-0.25, -0.2) is 9.37 Å². The molecule has 4 heterocycles. The van der Waals surface area contributed by atoms with Crippen molar-refractivity contribution in [1.82, 2.24) is 24.5 Å². The minimum absolute atomic E-state index is 0.00481. The Balaban J connectivity index is 1.55. The SMILES string of the molecule is [B]C([B])(O)C([B])([B])n1nc(Cl)c2c1-c1cnc(NCc3ccc(B(O)O)cc3)c(c1)O[C@H](C)c1cc(F)ccc1-c1nn(C)cc1C2. The highest BCUT2D eigenvalue weighted by molar-refractivity contribution is 6.58. The van der Waals surface area contributed by atoms with Crippen LogP contribution >= 0.6 is 11.6 Å². The summed E-state index contributed by atoms with van der Waals surface area (Å²) in [5.41, 5.74) is 4.72. The number of nitrogens with zero attached hydrogens (tertiary/aromatic N) is 5. The Bertz CT molecular complexity index is 1970. The number of aliphatic hydroxyl groups is 1. The molecule has 0 saturated carbocycles. The number of ether oxygens (including phenoxy) is 1. The Morgan fingerprint density at radius 1 is 1.11 bits per heavy atom. The molecule has 8 radical (unpaired) electrons. The summed E-state index contributed by atoms with van der Waals surface area (Å²) in [5.74, 6) is 0.148. The van der Waals surface area contributed by atoms with Crippen LogP contribution in [0.4, 0.5) is 10.2 Å². The highest BCUT2D eigenvalue weighted by Gasteiger charge is 2.39. The van der Waals surface area contributed by atoms with Gasteiger partial charge in [-0.1, -0.05) is 35.9 Å². The maximum atomic E-state index is 14.7. The Hall–Kier alpha value is -3.97. The molecule has 0 fully saturated rings. The molecule has 1 aliphatic heterocycles. The number of hydrogen-bond donors (Lipinski definition) is 4. The molecule has 0 spiro atoms. The van der Waals surface area contributed by atoms with Crippen LogP contribution in [0.2, 0.25) is 5.15 Å². The lowest BCUT2D eigenvalue weighted by molar-refractivity contribution is 0.157. The monoisotopic (exact) mass is 642 g/mol. The molecule has 6 rings (SSSR count). The predicted octanol–water partition coefficient (Wildman–Crippen LogP) is 1.40. The predicted molar refractivity (Wildman–Crippen MR) is 180 cm³/mol. The Labute approximate surface area is 281 Å². The summed E-state index contributed by atoms with van der Waals surface area (Å²) >= 11 is 6.74. The standard InChI is InChI=1S/C30H25B5ClFN6O4/c1-15-22-11-20(37)7-8-21(22)25-18(14-42(2)40-25)9-23-26(43(41-27(23)36)29(31,32)30(33,34)44)17-10-24(47-15)28(39-13-17)38-12-16-3-5-19(6-4-16)35(45)46/h3-8,10-11,13-15,44-46H,9,12H2,1-2H3,(H,38,39)/t15-/m1/s1. The molecule has 17 heteroatoms. The van der Waals surface area contributed by atoms with Gasteiger partial charge in [0.15, 0.2) is 16.7 Å². The first-order chi connectivity index (χ1) is 22.1. The van der Waals surface area contributed by atoms with Gasteiger partial charge in [0.05, 0.1) is 27.1 Å². The number of pyridine rings is 1. The van der Waals surface area contributed by atoms with E-state index >= 15 is 0 Å². The first-order valence-electron chi connectivity index (χ1n) is 14.5. The normalized spacial score (nSPS) is 14.6. The molecule has 4 N–H and O–H groups in total. The zero-order valence-corrected chi connectivity index (χ0v) is 26.1. The Kier molecular flexibility index (Phi) is 8.58.